The van der Waals surface area contributed by atoms with Crippen LogP contribution in [0.1, 0.15) is 41.5 Å². The summed E-state index contributed by atoms with van der Waals surface area (Å²) in [5, 5.41) is 0. The van der Waals surface area contributed by atoms with Gasteiger partial charge in [-0.25, -0.2) is 15.0 Å². The minimum atomic E-state index is -0.0868. The number of thiazole rings is 1. The van der Waals surface area contributed by atoms with E-state index < -0.39 is 0 Å². The van der Waals surface area contributed by atoms with Crippen molar-refractivity contribution < 1.29 is 4.79 Å². The van der Waals surface area contributed by atoms with E-state index in [-0.39, 0.29) is 11.9 Å². The number of nitrogens with two attached hydrogens (primary N) is 1. The van der Waals surface area contributed by atoms with Crippen LogP contribution in [0.3, 0.4) is 0 Å². The number of aromatic nitrogens is 4. The highest BCUT2D eigenvalue weighted by Crippen LogP contribution is 2.34. The Balaban J connectivity index is 1.57. The number of nitrogens with zero attached hydrogens (tertiary/aromatic N) is 5. The first-order chi connectivity index (χ1) is 13.6. The largest absolute Gasteiger partial charge is 0.382 e. The van der Waals surface area contributed by atoms with Crippen molar-refractivity contribution in [1.82, 2.24) is 24.3 Å². The van der Waals surface area contributed by atoms with E-state index in [1.807, 2.05) is 33.7 Å². The Kier molecular flexibility index (Phi) is 4.43. The Morgan fingerprint density at radius 2 is 2.18 bits per heavy atom. The summed E-state index contributed by atoms with van der Waals surface area (Å²) in [5.41, 5.74) is 10.3. The summed E-state index contributed by atoms with van der Waals surface area (Å²) >= 11 is 3.73. The van der Waals surface area contributed by atoms with Crippen LogP contribution in [0.15, 0.2) is 36.1 Å². The van der Waals surface area contributed by atoms with E-state index >= 15 is 0 Å². The first-order valence-electron chi connectivity index (χ1n) is 9.05. The molecule has 1 unspecified atom stereocenters. The molecule has 0 aliphatic carbocycles. The maximum absolute atomic E-state index is 13.4. The molecule has 0 radical (unpaired) electrons. The van der Waals surface area contributed by atoms with Crippen molar-refractivity contribution >= 4 is 61.4 Å². The van der Waals surface area contributed by atoms with Gasteiger partial charge in [0.1, 0.15) is 15.0 Å². The predicted molar refractivity (Wildman–Crippen MR) is 117 cm³/mol. The zero-order valence-electron chi connectivity index (χ0n) is 14.9. The molecule has 142 valence electrons. The number of likely N-dealkylation sites (tertiary alicyclic amines) is 1. The van der Waals surface area contributed by atoms with Gasteiger partial charge >= 0.3 is 0 Å². The third-order valence-corrected chi connectivity index (χ3v) is 6.75. The Hall–Kier alpha value is -2.27. The minimum absolute atomic E-state index is 0.0359. The van der Waals surface area contributed by atoms with E-state index in [0.29, 0.717) is 11.4 Å². The van der Waals surface area contributed by atoms with Crippen molar-refractivity contribution in [3.05, 3.63) is 51.2 Å². The second-order valence-electron chi connectivity index (χ2n) is 6.84. The number of imidazole rings is 1. The van der Waals surface area contributed by atoms with Gasteiger partial charge in [-0.2, -0.15) is 0 Å². The zero-order chi connectivity index (χ0) is 19.3. The molecule has 9 heteroatoms. The maximum Gasteiger partial charge on any atom is 0.254 e. The summed E-state index contributed by atoms with van der Waals surface area (Å²) in [7, 11) is 0. The number of rotatable bonds is 2. The lowest BCUT2D eigenvalue weighted by Crippen LogP contribution is -2.39. The molecule has 4 aromatic rings. The summed E-state index contributed by atoms with van der Waals surface area (Å²) in [6, 6.07) is 5.64. The van der Waals surface area contributed by atoms with Gasteiger partial charge < -0.3 is 10.6 Å². The van der Waals surface area contributed by atoms with Crippen LogP contribution in [-0.4, -0.2) is 36.7 Å². The summed E-state index contributed by atoms with van der Waals surface area (Å²) in [4.78, 5) is 28.6. The number of carbonyl (C=O) groups excluding carboxylic acids is 1. The van der Waals surface area contributed by atoms with Gasteiger partial charge in [-0.3, -0.25) is 9.20 Å². The SMILES string of the molecule is Nc1nccn2c(C3CCCCN3C(=O)c3ccc4ncsc4c3)nc(I)c12. The molecular formula is C19H17IN6OS. The summed E-state index contributed by atoms with van der Waals surface area (Å²) in [5.74, 6) is 1.34. The topological polar surface area (TPSA) is 89.4 Å². The van der Waals surface area contributed by atoms with Crippen LogP contribution in [0.4, 0.5) is 5.82 Å². The molecule has 0 saturated carbocycles. The van der Waals surface area contributed by atoms with Crippen LogP contribution >= 0.6 is 33.9 Å². The average Bonchev–Trinajstić information content (AvgIpc) is 3.32. The average molecular weight is 504 g/mol. The fourth-order valence-corrected chi connectivity index (χ4v) is 5.37. The number of piperidine rings is 1. The number of amides is 1. The lowest BCUT2D eigenvalue weighted by atomic mass is 10.00. The van der Waals surface area contributed by atoms with Gasteiger partial charge in [-0.15, -0.1) is 11.3 Å². The molecule has 1 aliphatic rings. The molecule has 1 aromatic carbocycles. The summed E-state index contributed by atoms with van der Waals surface area (Å²) < 4.78 is 3.81. The van der Waals surface area contributed by atoms with Crippen molar-refractivity contribution in [3.63, 3.8) is 0 Å². The van der Waals surface area contributed by atoms with Crippen molar-refractivity contribution in [2.24, 2.45) is 0 Å². The highest BCUT2D eigenvalue weighted by molar-refractivity contribution is 14.1. The van der Waals surface area contributed by atoms with E-state index in [0.717, 1.165) is 51.1 Å². The summed E-state index contributed by atoms with van der Waals surface area (Å²) in [6.07, 6.45) is 6.49. The normalized spacial score (nSPS) is 17.5. The Morgan fingerprint density at radius 3 is 3.07 bits per heavy atom. The standard InChI is InChI=1S/C19H17IN6OS/c20-16-15-17(21)22-6-8-26(15)18(24-16)13-3-1-2-7-25(13)19(27)11-4-5-12-14(9-11)28-10-23-12/h4-6,8-10,13H,1-3,7H2,(H2,21,22). The van der Waals surface area contributed by atoms with E-state index in [1.165, 1.54) is 0 Å². The molecule has 0 bridgehead atoms. The van der Waals surface area contributed by atoms with Crippen LogP contribution in [-0.2, 0) is 0 Å². The number of benzene rings is 1. The molecule has 1 aliphatic heterocycles. The van der Waals surface area contributed by atoms with Gasteiger partial charge in [0.05, 0.1) is 21.8 Å². The molecule has 28 heavy (non-hydrogen) atoms. The number of fused-ring (bicyclic) bond motifs is 2. The van der Waals surface area contributed by atoms with Crippen molar-refractivity contribution in [3.8, 4) is 0 Å². The molecule has 1 saturated heterocycles. The maximum atomic E-state index is 13.4. The van der Waals surface area contributed by atoms with Gasteiger partial charge in [0.15, 0.2) is 5.82 Å². The molecule has 4 heterocycles. The van der Waals surface area contributed by atoms with E-state index in [4.69, 9.17) is 10.7 Å². The van der Waals surface area contributed by atoms with Crippen LogP contribution < -0.4 is 5.73 Å². The smallest absolute Gasteiger partial charge is 0.254 e. The Labute approximate surface area is 178 Å². The first-order valence-corrected chi connectivity index (χ1v) is 11.0. The van der Waals surface area contributed by atoms with Gasteiger partial charge in [0, 0.05) is 24.5 Å². The molecule has 1 fully saturated rings. The fraction of sp³-hybridized carbons (Fsp3) is 0.263. The molecule has 1 atom stereocenters. The monoisotopic (exact) mass is 504 g/mol. The Morgan fingerprint density at radius 1 is 1.29 bits per heavy atom. The first kappa shape index (κ1) is 17.8. The molecular weight excluding hydrogens is 487 g/mol. The van der Waals surface area contributed by atoms with Gasteiger partial charge in [0.2, 0.25) is 0 Å². The predicted octanol–water partition coefficient (Wildman–Crippen LogP) is 3.89. The van der Waals surface area contributed by atoms with Crippen LogP contribution in [0.2, 0.25) is 0 Å². The summed E-state index contributed by atoms with van der Waals surface area (Å²) in [6.45, 7) is 0.719. The minimum Gasteiger partial charge on any atom is -0.382 e. The van der Waals surface area contributed by atoms with Crippen LogP contribution in [0, 0.1) is 3.70 Å². The molecule has 0 spiro atoms. The number of halogens is 1. The fourth-order valence-electron chi connectivity index (χ4n) is 3.87. The number of nitrogen functional groups attached to an aromatic ring is 1. The number of hydrogen-bond donors (Lipinski definition) is 1. The number of anilines is 1. The molecule has 5 rings (SSSR count). The van der Waals surface area contributed by atoms with E-state index in [2.05, 4.69) is 32.6 Å². The highest BCUT2D eigenvalue weighted by Gasteiger charge is 2.32. The third-order valence-electron chi connectivity index (χ3n) is 5.21. The van der Waals surface area contributed by atoms with Gasteiger partial charge in [0.25, 0.3) is 5.91 Å². The molecule has 3 aromatic heterocycles. The lowest BCUT2D eigenvalue weighted by Gasteiger charge is -2.35. The lowest BCUT2D eigenvalue weighted by molar-refractivity contribution is 0.0599. The highest BCUT2D eigenvalue weighted by atomic mass is 127. The number of hydrogen-bond acceptors (Lipinski definition) is 6. The van der Waals surface area contributed by atoms with E-state index in [1.54, 1.807) is 23.0 Å². The molecule has 2 N–H and O–H groups in total. The van der Waals surface area contributed by atoms with Crippen LogP contribution in [0.25, 0.3) is 15.7 Å². The number of carbonyl (C=O) groups is 1. The third kappa shape index (κ3) is 2.84. The quantitative estimate of drug-likeness (QED) is 0.419. The van der Waals surface area contributed by atoms with Gasteiger partial charge in [-0.1, -0.05) is 0 Å². The van der Waals surface area contributed by atoms with Gasteiger partial charge in [-0.05, 0) is 60.1 Å². The van der Waals surface area contributed by atoms with Crippen molar-refractivity contribution in [2.75, 3.05) is 12.3 Å². The molecule has 7 nitrogen and oxygen atoms in total. The van der Waals surface area contributed by atoms with Crippen molar-refractivity contribution in [1.29, 1.82) is 0 Å². The van der Waals surface area contributed by atoms with E-state index in [9.17, 15) is 4.79 Å². The van der Waals surface area contributed by atoms with Crippen molar-refractivity contribution in [2.45, 2.75) is 25.3 Å². The Bertz CT molecular complexity index is 1200. The second kappa shape index (κ2) is 6.96. The van der Waals surface area contributed by atoms with Crippen LogP contribution in [0.5, 0.6) is 0 Å². The second-order valence-corrected chi connectivity index (χ2v) is 8.75. The molecule has 1 amide bonds. The zero-order valence-corrected chi connectivity index (χ0v) is 17.9.